The number of anilines is 1. The van der Waals surface area contributed by atoms with Gasteiger partial charge in [0.2, 0.25) is 5.65 Å². The number of nitrogen functional groups attached to an aromatic ring is 1. The van der Waals surface area contributed by atoms with Gasteiger partial charge in [-0.2, -0.15) is 14.7 Å². The van der Waals surface area contributed by atoms with Crippen LogP contribution in [0.3, 0.4) is 0 Å². The Labute approximate surface area is 161 Å². The first-order valence-corrected chi connectivity index (χ1v) is 8.58. The highest BCUT2D eigenvalue weighted by atomic mass is 19.1. The van der Waals surface area contributed by atoms with Crippen LogP contribution >= 0.6 is 0 Å². The largest absolute Gasteiger partial charge is 0.454 e. The maximum absolute atomic E-state index is 14.2. The van der Waals surface area contributed by atoms with E-state index in [1.807, 2.05) is 0 Å². The third-order valence-corrected chi connectivity index (χ3v) is 4.48. The third kappa shape index (κ3) is 2.81. The SMILES string of the molecule is Cc1nnc2c(N)cc(-c3cc4[nH]ncc4cc3Oc3ccc(F)cc3F)nn12. The molecule has 3 aromatic heterocycles. The first kappa shape index (κ1) is 17.0. The van der Waals surface area contributed by atoms with Crippen LogP contribution in [0.15, 0.2) is 42.6 Å². The highest BCUT2D eigenvalue weighted by Gasteiger charge is 2.17. The number of aromatic nitrogens is 6. The summed E-state index contributed by atoms with van der Waals surface area (Å²) in [6.07, 6.45) is 1.61. The van der Waals surface area contributed by atoms with Crippen LogP contribution in [0.5, 0.6) is 11.5 Å². The van der Waals surface area contributed by atoms with Crippen molar-refractivity contribution >= 4 is 22.2 Å². The van der Waals surface area contributed by atoms with E-state index in [9.17, 15) is 8.78 Å². The van der Waals surface area contributed by atoms with Crippen LogP contribution in [0.1, 0.15) is 5.82 Å². The number of halogens is 2. The fraction of sp³-hybridized carbons (Fsp3) is 0.0526. The van der Waals surface area contributed by atoms with Gasteiger partial charge in [-0.1, -0.05) is 0 Å². The molecule has 5 aromatic rings. The van der Waals surface area contributed by atoms with Gasteiger partial charge in [0.05, 0.1) is 23.1 Å². The van der Waals surface area contributed by atoms with Gasteiger partial charge in [0, 0.05) is 17.0 Å². The number of aromatic amines is 1. The van der Waals surface area contributed by atoms with E-state index < -0.39 is 11.6 Å². The highest BCUT2D eigenvalue weighted by molar-refractivity contribution is 5.88. The van der Waals surface area contributed by atoms with Crippen LogP contribution in [0.2, 0.25) is 0 Å². The fourth-order valence-electron chi connectivity index (χ4n) is 3.07. The molecule has 3 heterocycles. The zero-order valence-electron chi connectivity index (χ0n) is 15.0. The van der Waals surface area contributed by atoms with Crippen molar-refractivity contribution in [2.45, 2.75) is 6.92 Å². The average molecular weight is 393 g/mol. The van der Waals surface area contributed by atoms with Gasteiger partial charge in [-0.15, -0.1) is 10.2 Å². The molecule has 144 valence electrons. The molecule has 0 saturated carbocycles. The van der Waals surface area contributed by atoms with E-state index in [2.05, 4.69) is 25.5 Å². The second-order valence-corrected chi connectivity index (χ2v) is 6.45. The Morgan fingerprint density at radius 3 is 2.76 bits per heavy atom. The normalized spacial score (nSPS) is 11.4. The molecule has 10 heteroatoms. The van der Waals surface area contributed by atoms with E-state index in [-0.39, 0.29) is 5.75 Å². The summed E-state index contributed by atoms with van der Waals surface area (Å²) in [5, 5.41) is 20.2. The molecule has 0 spiro atoms. The quantitative estimate of drug-likeness (QED) is 0.485. The molecule has 3 N–H and O–H groups in total. The van der Waals surface area contributed by atoms with Crippen molar-refractivity contribution in [1.29, 1.82) is 0 Å². The predicted molar refractivity (Wildman–Crippen MR) is 101 cm³/mol. The second kappa shape index (κ2) is 6.23. The van der Waals surface area contributed by atoms with Gasteiger partial charge >= 0.3 is 0 Å². The fourth-order valence-corrected chi connectivity index (χ4v) is 3.07. The molecule has 0 radical (unpaired) electrons. The summed E-state index contributed by atoms with van der Waals surface area (Å²) in [6, 6.07) is 8.20. The van der Waals surface area contributed by atoms with Crippen molar-refractivity contribution in [3.05, 3.63) is 60.1 Å². The molecular weight excluding hydrogens is 380 g/mol. The number of H-pyrrole nitrogens is 1. The van der Waals surface area contributed by atoms with E-state index in [4.69, 9.17) is 10.5 Å². The Balaban J connectivity index is 1.72. The van der Waals surface area contributed by atoms with Crippen LogP contribution in [0.25, 0.3) is 27.8 Å². The van der Waals surface area contributed by atoms with Crippen molar-refractivity contribution in [3.63, 3.8) is 0 Å². The highest BCUT2D eigenvalue weighted by Crippen LogP contribution is 2.37. The molecule has 0 amide bonds. The lowest BCUT2D eigenvalue weighted by atomic mass is 10.1. The Morgan fingerprint density at radius 1 is 1.07 bits per heavy atom. The lowest BCUT2D eigenvalue weighted by Crippen LogP contribution is -2.02. The number of hydrogen-bond acceptors (Lipinski definition) is 6. The monoisotopic (exact) mass is 393 g/mol. The summed E-state index contributed by atoms with van der Waals surface area (Å²) >= 11 is 0. The topological polar surface area (TPSA) is 107 Å². The maximum Gasteiger partial charge on any atom is 0.200 e. The Morgan fingerprint density at radius 2 is 1.93 bits per heavy atom. The zero-order valence-corrected chi connectivity index (χ0v) is 15.0. The van der Waals surface area contributed by atoms with E-state index in [0.29, 0.717) is 34.2 Å². The van der Waals surface area contributed by atoms with Crippen molar-refractivity contribution in [2.75, 3.05) is 5.73 Å². The van der Waals surface area contributed by atoms with Crippen molar-refractivity contribution in [2.24, 2.45) is 0 Å². The number of ether oxygens (including phenoxy) is 1. The summed E-state index contributed by atoms with van der Waals surface area (Å²) in [6.45, 7) is 1.75. The molecule has 0 aliphatic heterocycles. The summed E-state index contributed by atoms with van der Waals surface area (Å²) < 4.78 is 34.7. The standard InChI is InChI=1S/C19H13F2N7O/c1-9-24-26-19-14(22)7-16(27-28(9)19)12-6-15-10(8-23-25-15)4-18(12)29-17-3-2-11(20)5-13(17)21/h2-8H,22H2,1H3,(H,23,25). The molecule has 0 unspecified atom stereocenters. The summed E-state index contributed by atoms with van der Waals surface area (Å²) in [4.78, 5) is 0. The Hall–Kier alpha value is -4.08. The van der Waals surface area contributed by atoms with Gasteiger partial charge in [-0.05, 0) is 37.3 Å². The van der Waals surface area contributed by atoms with Crippen molar-refractivity contribution in [3.8, 4) is 22.8 Å². The first-order chi connectivity index (χ1) is 14.0. The van der Waals surface area contributed by atoms with Crippen molar-refractivity contribution in [1.82, 2.24) is 30.0 Å². The van der Waals surface area contributed by atoms with Gasteiger partial charge in [-0.3, -0.25) is 5.10 Å². The molecule has 0 saturated heterocycles. The van der Waals surface area contributed by atoms with Gasteiger partial charge in [0.25, 0.3) is 0 Å². The number of hydrogen-bond donors (Lipinski definition) is 2. The molecule has 29 heavy (non-hydrogen) atoms. The first-order valence-electron chi connectivity index (χ1n) is 8.58. The minimum Gasteiger partial charge on any atom is -0.454 e. The number of nitrogens with two attached hydrogens (primary N) is 1. The van der Waals surface area contributed by atoms with Gasteiger partial charge in [-0.25, -0.2) is 8.78 Å². The average Bonchev–Trinajstić information content (AvgIpc) is 3.30. The molecular formula is C19H13F2N7O. The van der Waals surface area contributed by atoms with E-state index in [0.717, 1.165) is 23.0 Å². The van der Waals surface area contributed by atoms with E-state index in [1.165, 1.54) is 10.6 Å². The molecule has 8 nitrogen and oxygen atoms in total. The summed E-state index contributed by atoms with van der Waals surface area (Å²) in [5.41, 5.74) is 8.65. The molecule has 0 fully saturated rings. The van der Waals surface area contributed by atoms with E-state index in [1.54, 1.807) is 31.3 Å². The number of nitrogens with one attached hydrogen (secondary N) is 1. The second-order valence-electron chi connectivity index (χ2n) is 6.45. The number of fused-ring (bicyclic) bond motifs is 2. The molecule has 0 atom stereocenters. The van der Waals surface area contributed by atoms with Crippen LogP contribution in [0.4, 0.5) is 14.5 Å². The predicted octanol–water partition coefficient (Wildman–Crippen LogP) is 3.63. The van der Waals surface area contributed by atoms with Crippen LogP contribution in [-0.4, -0.2) is 30.0 Å². The zero-order chi connectivity index (χ0) is 20.1. The van der Waals surface area contributed by atoms with Crippen LogP contribution in [0, 0.1) is 18.6 Å². The van der Waals surface area contributed by atoms with Gasteiger partial charge in [0.1, 0.15) is 11.6 Å². The number of rotatable bonds is 3. The van der Waals surface area contributed by atoms with Gasteiger partial charge in [0.15, 0.2) is 17.4 Å². The summed E-state index contributed by atoms with van der Waals surface area (Å²) in [7, 11) is 0. The summed E-state index contributed by atoms with van der Waals surface area (Å²) in [5.74, 6) is -0.765. The number of nitrogens with zero attached hydrogens (tertiary/aromatic N) is 5. The molecule has 2 aromatic carbocycles. The molecule has 5 rings (SSSR count). The smallest absolute Gasteiger partial charge is 0.200 e. The Bertz CT molecular complexity index is 1390. The number of aryl methyl sites for hydroxylation is 1. The minimum atomic E-state index is -0.819. The van der Waals surface area contributed by atoms with Crippen molar-refractivity contribution < 1.29 is 13.5 Å². The lowest BCUT2D eigenvalue weighted by molar-refractivity contribution is 0.439. The lowest BCUT2D eigenvalue weighted by Gasteiger charge is -2.13. The molecule has 0 bridgehead atoms. The number of benzene rings is 2. The Kier molecular flexibility index (Phi) is 3.66. The van der Waals surface area contributed by atoms with Gasteiger partial charge < -0.3 is 10.5 Å². The molecule has 0 aliphatic carbocycles. The maximum atomic E-state index is 14.2. The minimum absolute atomic E-state index is 0.120. The van der Waals surface area contributed by atoms with Crippen LogP contribution in [-0.2, 0) is 0 Å². The van der Waals surface area contributed by atoms with Crippen LogP contribution < -0.4 is 10.5 Å². The third-order valence-electron chi connectivity index (χ3n) is 4.48. The van der Waals surface area contributed by atoms with E-state index >= 15 is 0 Å². The molecule has 0 aliphatic rings.